The van der Waals surface area contributed by atoms with Crippen LogP contribution < -0.4 is 0 Å². The first kappa shape index (κ1) is 12.0. The number of H-pyrrole nitrogens is 1. The minimum Gasteiger partial charge on any atom is -0.354 e. The first-order chi connectivity index (χ1) is 10.9. The number of rotatable bonds is 1. The predicted molar refractivity (Wildman–Crippen MR) is 96.6 cm³/mol. The molecule has 1 nitrogen and oxygen atoms in total. The van der Waals surface area contributed by atoms with Crippen molar-refractivity contribution in [1.29, 1.82) is 0 Å². The molecule has 22 heavy (non-hydrogen) atoms. The summed E-state index contributed by atoms with van der Waals surface area (Å²) in [5, 5.41) is 3.96. The normalized spacial score (nSPS) is 11.6. The topological polar surface area (TPSA) is 15.8 Å². The van der Waals surface area contributed by atoms with Gasteiger partial charge < -0.3 is 4.98 Å². The molecule has 2 heteroatoms. The van der Waals surface area contributed by atoms with Gasteiger partial charge in [0.25, 0.3) is 0 Å². The molecule has 2 aromatic heterocycles. The molecule has 0 aliphatic carbocycles. The van der Waals surface area contributed by atoms with E-state index in [-0.39, 0.29) is 0 Å². The second-order valence-electron chi connectivity index (χ2n) is 5.55. The fraction of sp³-hybridized carbons (Fsp3) is 0. The van der Waals surface area contributed by atoms with Crippen molar-refractivity contribution in [3.8, 4) is 11.3 Å². The Morgan fingerprint density at radius 2 is 1.55 bits per heavy atom. The first-order valence-electron chi connectivity index (χ1n) is 7.38. The fourth-order valence-electron chi connectivity index (χ4n) is 3.19. The van der Waals surface area contributed by atoms with Crippen LogP contribution in [0.2, 0.25) is 0 Å². The molecule has 0 saturated carbocycles. The SMILES string of the molecule is c1ccc(-c2cc3ccc4sc5ccccc5c4c3[nH]2)cc1. The van der Waals surface area contributed by atoms with E-state index in [0.717, 1.165) is 0 Å². The lowest BCUT2D eigenvalue weighted by Crippen LogP contribution is -1.75. The number of hydrogen-bond donors (Lipinski definition) is 1. The Hall–Kier alpha value is -2.58. The van der Waals surface area contributed by atoms with Crippen molar-refractivity contribution in [3.05, 3.63) is 72.8 Å². The quantitative estimate of drug-likeness (QED) is 0.379. The van der Waals surface area contributed by atoms with E-state index in [2.05, 4.69) is 77.8 Å². The van der Waals surface area contributed by atoms with Gasteiger partial charge in [-0.3, -0.25) is 0 Å². The zero-order chi connectivity index (χ0) is 14.5. The van der Waals surface area contributed by atoms with Crippen molar-refractivity contribution in [3.63, 3.8) is 0 Å². The van der Waals surface area contributed by atoms with Crippen LogP contribution in [0.15, 0.2) is 72.8 Å². The summed E-state index contributed by atoms with van der Waals surface area (Å²) < 4.78 is 2.69. The van der Waals surface area contributed by atoms with Crippen molar-refractivity contribution in [2.45, 2.75) is 0 Å². The summed E-state index contributed by atoms with van der Waals surface area (Å²) in [7, 11) is 0. The zero-order valence-corrected chi connectivity index (χ0v) is 12.7. The van der Waals surface area contributed by atoms with E-state index in [9.17, 15) is 0 Å². The molecule has 2 heterocycles. The summed E-state index contributed by atoms with van der Waals surface area (Å²) in [4.78, 5) is 3.64. The first-order valence-corrected chi connectivity index (χ1v) is 8.20. The third-order valence-electron chi connectivity index (χ3n) is 4.22. The fourth-order valence-corrected chi connectivity index (χ4v) is 4.30. The van der Waals surface area contributed by atoms with Crippen molar-refractivity contribution in [2.24, 2.45) is 0 Å². The van der Waals surface area contributed by atoms with Gasteiger partial charge in [0.2, 0.25) is 0 Å². The maximum absolute atomic E-state index is 3.64. The summed E-state index contributed by atoms with van der Waals surface area (Å²) in [5.41, 5.74) is 3.65. The number of aromatic nitrogens is 1. The molecule has 0 amide bonds. The van der Waals surface area contributed by atoms with Gasteiger partial charge in [0.15, 0.2) is 0 Å². The Labute approximate surface area is 131 Å². The van der Waals surface area contributed by atoms with E-state index in [1.54, 1.807) is 0 Å². The maximum atomic E-state index is 3.64. The lowest BCUT2D eigenvalue weighted by Gasteiger charge is -1.96. The lowest BCUT2D eigenvalue weighted by atomic mass is 10.1. The Balaban J connectivity index is 1.90. The van der Waals surface area contributed by atoms with Crippen molar-refractivity contribution < 1.29 is 0 Å². The smallest absolute Gasteiger partial charge is 0.0553 e. The average molecular weight is 299 g/mol. The number of benzene rings is 3. The van der Waals surface area contributed by atoms with Crippen LogP contribution in [0.3, 0.4) is 0 Å². The summed E-state index contributed by atoms with van der Waals surface area (Å²) in [5.74, 6) is 0. The highest BCUT2D eigenvalue weighted by Gasteiger charge is 2.11. The zero-order valence-electron chi connectivity index (χ0n) is 11.8. The highest BCUT2D eigenvalue weighted by Crippen LogP contribution is 2.39. The van der Waals surface area contributed by atoms with Gasteiger partial charge in [0.05, 0.1) is 5.52 Å². The van der Waals surface area contributed by atoms with Crippen LogP contribution in [0.25, 0.3) is 42.3 Å². The Bertz CT molecular complexity index is 1120. The van der Waals surface area contributed by atoms with Crippen LogP contribution in [0.1, 0.15) is 0 Å². The highest BCUT2D eigenvalue weighted by atomic mass is 32.1. The van der Waals surface area contributed by atoms with Gasteiger partial charge in [-0.05, 0) is 23.8 Å². The molecule has 0 atom stereocenters. The maximum Gasteiger partial charge on any atom is 0.0553 e. The molecule has 5 rings (SSSR count). The number of thiophene rings is 1. The molecule has 1 N–H and O–H groups in total. The summed E-state index contributed by atoms with van der Waals surface area (Å²) in [6, 6.07) is 25.9. The molecular weight excluding hydrogens is 286 g/mol. The van der Waals surface area contributed by atoms with Crippen LogP contribution in [-0.2, 0) is 0 Å². The highest BCUT2D eigenvalue weighted by molar-refractivity contribution is 7.26. The van der Waals surface area contributed by atoms with Crippen LogP contribution in [-0.4, -0.2) is 4.98 Å². The molecule has 3 aromatic carbocycles. The largest absolute Gasteiger partial charge is 0.354 e. The molecule has 0 aliphatic heterocycles. The van der Waals surface area contributed by atoms with Crippen molar-refractivity contribution in [1.82, 2.24) is 4.98 Å². The van der Waals surface area contributed by atoms with Crippen LogP contribution >= 0.6 is 11.3 Å². The van der Waals surface area contributed by atoms with Gasteiger partial charge in [0, 0.05) is 31.3 Å². The van der Waals surface area contributed by atoms with Gasteiger partial charge in [-0.2, -0.15) is 0 Å². The molecule has 104 valence electrons. The van der Waals surface area contributed by atoms with Crippen molar-refractivity contribution >= 4 is 42.4 Å². The average Bonchev–Trinajstić information content (AvgIpc) is 3.16. The van der Waals surface area contributed by atoms with E-state index < -0.39 is 0 Å². The van der Waals surface area contributed by atoms with Crippen LogP contribution in [0.5, 0.6) is 0 Å². The molecule has 0 saturated heterocycles. The van der Waals surface area contributed by atoms with Crippen LogP contribution in [0.4, 0.5) is 0 Å². The second-order valence-corrected chi connectivity index (χ2v) is 6.63. The van der Waals surface area contributed by atoms with Gasteiger partial charge in [-0.1, -0.05) is 54.6 Å². The van der Waals surface area contributed by atoms with Crippen molar-refractivity contribution in [2.75, 3.05) is 0 Å². The summed E-state index contributed by atoms with van der Waals surface area (Å²) in [6.45, 7) is 0. The lowest BCUT2D eigenvalue weighted by molar-refractivity contribution is 1.46. The number of hydrogen-bond acceptors (Lipinski definition) is 1. The molecule has 0 unspecified atom stereocenters. The minimum absolute atomic E-state index is 1.18. The Morgan fingerprint density at radius 1 is 0.727 bits per heavy atom. The second kappa shape index (κ2) is 4.46. The molecule has 0 fully saturated rings. The van der Waals surface area contributed by atoms with Gasteiger partial charge in [-0.15, -0.1) is 11.3 Å². The van der Waals surface area contributed by atoms with E-state index in [1.807, 2.05) is 11.3 Å². The molecular formula is C20H13NS. The van der Waals surface area contributed by atoms with E-state index >= 15 is 0 Å². The monoisotopic (exact) mass is 299 g/mol. The van der Waals surface area contributed by atoms with Gasteiger partial charge >= 0.3 is 0 Å². The number of aromatic amines is 1. The van der Waals surface area contributed by atoms with Crippen LogP contribution in [0, 0.1) is 0 Å². The minimum atomic E-state index is 1.18. The molecule has 0 spiro atoms. The third-order valence-corrected chi connectivity index (χ3v) is 5.36. The van der Waals surface area contributed by atoms with E-state index in [0.29, 0.717) is 0 Å². The van der Waals surface area contributed by atoms with Gasteiger partial charge in [-0.25, -0.2) is 0 Å². The Kier molecular flexibility index (Phi) is 2.43. The van der Waals surface area contributed by atoms with E-state index in [4.69, 9.17) is 0 Å². The molecule has 0 radical (unpaired) electrons. The Morgan fingerprint density at radius 3 is 2.45 bits per heavy atom. The molecule has 0 aliphatic rings. The summed E-state index contributed by atoms with van der Waals surface area (Å²) >= 11 is 1.86. The predicted octanol–water partition coefficient (Wildman–Crippen LogP) is 6.20. The molecule has 0 bridgehead atoms. The molecule has 5 aromatic rings. The third kappa shape index (κ3) is 1.65. The summed E-state index contributed by atoms with van der Waals surface area (Å²) in [6.07, 6.45) is 0. The number of fused-ring (bicyclic) bond motifs is 5. The number of nitrogens with one attached hydrogen (secondary N) is 1. The standard InChI is InChI=1S/C20H13NS/c1-2-6-13(7-3-1)16-12-14-10-11-18-19(20(14)21-16)15-8-4-5-9-17(15)22-18/h1-12,21H. The van der Waals surface area contributed by atoms with E-state index in [1.165, 1.54) is 42.3 Å². The van der Waals surface area contributed by atoms with Gasteiger partial charge in [0.1, 0.15) is 0 Å².